The van der Waals surface area contributed by atoms with Crippen molar-refractivity contribution < 1.29 is 23.9 Å². The average molecular weight is 394 g/mol. The average Bonchev–Trinajstić information content (AvgIpc) is 3.25. The van der Waals surface area contributed by atoms with E-state index in [-0.39, 0.29) is 24.7 Å². The molecule has 1 spiro atoms. The number of rotatable bonds is 4. The number of carbonyl (C=O) groups excluding carboxylic acids is 2. The molecule has 2 aliphatic rings. The molecule has 2 aromatic carbocycles. The van der Waals surface area contributed by atoms with Crippen LogP contribution < -0.4 is 14.4 Å². The van der Waals surface area contributed by atoms with Gasteiger partial charge >= 0.3 is 0 Å². The lowest BCUT2D eigenvalue weighted by Crippen LogP contribution is -2.41. The van der Waals surface area contributed by atoms with Gasteiger partial charge in [0, 0.05) is 12.0 Å². The lowest BCUT2D eigenvalue weighted by atomic mass is 9.92. The van der Waals surface area contributed by atoms with Crippen molar-refractivity contribution in [2.24, 2.45) is 5.16 Å². The van der Waals surface area contributed by atoms with Crippen molar-refractivity contribution in [3.63, 3.8) is 0 Å². The van der Waals surface area contributed by atoms with Crippen molar-refractivity contribution in [3.8, 4) is 11.5 Å². The number of oxime groups is 1. The first-order chi connectivity index (χ1) is 13.9. The molecule has 4 rings (SSSR count). The van der Waals surface area contributed by atoms with Gasteiger partial charge in [-0.25, -0.2) is 4.90 Å². The Morgan fingerprint density at radius 1 is 1.03 bits per heavy atom. The van der Waals surface area contributed by atoms with Crippen LogP contribution >= 0.6 is 0 Å². The molecule has 0 saturated carbocycles. The van der Waals surface area contributed by atoms with Crippen molar-refractivity contribution in [2.45, 2.75) is 32.3 Å². The topological polar surface area (TPSA) is 77.4 Å². The van der Waals surface area contributed by atoms with Crippen LogP contribution in [0.25, 0.3) is 0 Å². The molecule has 1 fully saturated rings. The molecular formula is C22H22N2O5. The second-order valence-electron chi connectivity index (χ2n) is 7.30. The third kappa shape index (κ3) is 2.93. The second kappa shape index (κ2) is 6.92. The molecule has 2 heterocycles. The summed E-state index contributed by atoms with van der Waals surface area (Å²) in [6, 6.07) is 10.9. The Morgan fingerprint density at radius 2 is 1.79 bits per heavy atom. The number of benzene rings is 2. The van der Waals surface area contributed by atoms with E-state index in [1.807, 2.05) is 32.0 Å². The number of methoxy groups -OCH3 is 2. The smallest absolute Gasteiger partial charge is 0.281 e. The number of aryl methyl sites for hydroxylation is 1. The van der Waals surface area contributed by atoms with Crippen LogP contribution in [0.1, 0.15) is 29.5 Å². The summed E-state index contributed by atoms with van der Waals surface area (Å²) in [6.07, 6.45) is 0.175. The summed E-state index contributed by atoms with van der Waals surface area (Å²) in [5.74, 6) is 0.487. The number of anilines is 1. The maximum absolute atomic E-state index is 13.3. The summed E-state index contributed by atoms with van der Waals surface area (Å²) >= 11 is 0. The molecule has 7 nitrogen and oxygen atoms in total. The minimum Gasteiger partial charge on any atom is -0.493 e. The van der Waals surface area contributed by atoms with E-state index < -0.39 is 5.60 Å². The van der Waals surface area contributed by atoms with E-state index in [9.17, 15) is 9.59 Å². The molecule has 0 unspecified atom stereocenters. The van der Waals surface area contributed by atoms with Gasteiger partial charge < -0.3 is 14.3 Å². The lowest BCUT2D eigenvalue weighted by Gasteiger charge is -2.21. The highest BCUT2D eigenvalue weighted by Gasteiger charge is 2.58. The number of carbonyl (C=O) groups is 2. The highest BCUT2D eigenvalue weighted by atomic mass is 16.7. The third-order valence-corrected chi connectivity index (χ3v) is 5.60. The third-order valence-electron chi connectivity index (χ3n) is 5.60. The lowest BCUT2D eigenvalue weighted by molar-refractivity contribution is -0.136. The predicted octanol–water partition coefficient (Wildman–Crippen LogP) is 3.15. The first-order valence-corrected chi connectivity index (χ1v) is 9.31. The van der Waals surface area contributed by atoms with E-state index >= 15 is 0 Å². The zero-order valence-corrected chi connectivity index (χ0v) is 16.8. The molecule has 7 heteroatoms. The first kappa shape index (κ1) is 19.0. The Kier molecular flexibility index (Phi) is 4.53. The Hall–Kier alpha value is -3.35. The maximum Gasteiger partial charge on any atom is 0.281 e. The fraction of sp³-hybridized carbons (Fsp3) is 0.318. The van der Waals surface area contributed by atoms with Gasteiger partial charge in [-0.05, 0) is 49.2 Å². The fourth-order valence-electron chi connectivity index (χ4n) is 3.79. The van der Waals surface area contributed by atoms with Gasteiger partial charge in [-0.3, -0.25) is 9.59 Å². The summed E-state index contributed by atoms with van der Waals surface area (Å²) in [4.78, 5) is 32.9. The molecule has 2 aromatic rings. The Balaban J connectivity index is 1.63. The zero-order chi connectivity index (χ0) is 20.8. The Morgan fingerprint density at radius 3 is 2.52 bits per heavy atom. The first-order valence-electron chi connectivity index (χ1n) is 9.31. The van der Waals surface area contributed by atoms with Crippen molar-refractivity contribution in [2.75, 3.05) is 19.1 Å². The summed E-state index contributed by atoms with van der Waals surface area (Å²) in [6.45, 7) is 3.85. The zero-order valence-electron chi connectivity index (χ0n) is 16.8. The van der Waals surface area contributed by atoms with Gasteiger partial charge in [0.25, 0.3) is 5.91 Å². The standard InChI is InChI=1S/C22H22N2O5/c1-13-6-5-7-17(14(13)2)24-20(25)12-22(21(24)26)11-16(23-29-22)15-8-9-18(27-3)19(10-15)28-4/h5-10H,11-12H2,1-4H3/t22-/m0/s1. The summed E-state index contributed by atoms with van der Waals surface area (Å²) < 4.78 is 10.6. The van der Waals surface area contributed by atoms with Crippen LogP contribution in [0, 0.1) is 13.8 Å². The Labute approximate surface area is 168 Å². The quantitative estimate of drug-likeness (QED) is 0.745. The minimum absolute atomic E-state index is 0.0422. The number of hydrogen-bond donors (Lipinski definition) is 0. The molecule has 0 aromatic heterocycles. The van der Waals surface area contributed by atoms with Gasteiger partial charge in [0.05, 0.1) is 32.0 Å². The number of nitrogens with zero attached hydrogens (tertiary/aromatic N) is 2. The number of ether oxygens (including phenoxy) is 2. The molecule has 29 heavy (non-hydrogen) atoms. The summed E-state index contributed by atoms with van der Waals surface area (Å²) in [5.41, 5.74) is 2.55. The minimum atomic E-state index is -1.30. The van der Waals surface area contributed by atoms with Crippen LogP contribution in [0.15, 0.2) is 41.6 Å². The van der Waals surface area contributed by atoms with Crippen molar-refractivity contribution in [1.29, 1.82) is 0 Å². The van der Waals surface area contributed by atoms with Crippen LogP contribution in [-0.2, 0) is 14.4 Å². The number of imide groups is 1. The van der Waals surface area contributed by atoms with Gasteiger partial charge in [0.15, 0.2) is 11.5 Å². The van der Waals surface area contributed by atoms with Crippen molar-refractivity contribution in [3.05, 3.63) is 53.1 Å². The molecule has 0 bridgehead atoms. The van der Waals surface area contributed by atoms with Crippen LogP contribution in [0.5, 0.6) is 11.5 Å². The highest BCUT2D eigenvalue weighted by Crippen LogP contribution is 2.41. The van der Waals surface area contributed by atoms with Gasteiger partial charge in [-0.2, -0.15) is 0 Å². The van der Waals surface area contributed by atoms with Crippen LogP contribution in [0.3, 0.4) is 0 Å². The molecule has 2 amide bonds. The monoisotopic (exact) mass is 394 g/mol. The molecule has 1 saturated heterocycles. The fourth-order valence-corrected chi connectivity index (χ4v) is 3.79. The van der Waals surface area contributed by atoms with Crippen molar-refractivity contribution >= 4 is 23.2 Å². The summed E-state index contributed by atoms with van der Waals surface area (Å²) in [5, 5.41) is 4.15. The molecule has 2 aliphatic heterocycles. The largest absolute Gasteiger partial charge is 0.493 e. The van der Waals surface area contributed by atoms with E-state index in [2.05, 4.69) is 5.16 Å². The van der Waals surface area contributed by atoms with Gasteiger partial charge in [-0.15, -0.1) is 0 Å². The van der Waals surface area contributed by atoms with E-state index in [0.29, 0.717) is 22.9 Å². The van der Waals surface area contributed by atoms with Gasteiger partial charge in [-0.1, -0.05) is 17.3 Å². The SMILES string of the molecule is COc1ccc(C2=NO[C@]3(CC(=O)N(c4cccc(C)c4C)C3=O)C2)cc1OC. The Bertz CT molecular complexity index is 1050. The van der Waals surface area contributed by atoms with Gasteiger partial charge in [0.1, 0.15) is 0 Å². The van der Waals surface area contributed by atoms with E-state index in [1.54, 1.807) is 32.4 Å². The molecule has 0 aliphatic carbocycles. The van der Waals surface area contributed by atoms with Crippen LogP contribution in [0.2, 0.25) is 0 Å². The highest BCUT2D eigenvalue weighted by molar-refractivity contribution is 6.26. The van der Waals surface area contributed by atoms with E-state index in [1.165, 1.54) is 4.90 Å². The second-order valence-corrected chi connectivity index (χ2v) is 7.30. The van der Waals surface area contributed by atoms with Crippen molar-refractivity contribution in [1.82, 2.24) is 0 Å². The summed E-state index contributed by atoms with van der Waals surface area (Å²) in [7, 11) is 3.12. The number of hydrogen-bond acceptors (Lipinski definition) is 6. The normalized spacial score (nSPS) is 20.8. The maximum atomic E-state index is 13.3. The molecule has 1 atom stereocenters. The molecule has 150 valence electrons. The molecular weight excluding hydrogens is 372 g/mol. The molecule has 0 N–H and O–H groups in total. The van der Waals surface area contributed by atoms with Gasteiger partial charge in [0.2, 0.25) is 11.5 Å². The number of amides is 2. The van der Waals surface area contributed by atoms with Crippen LogP contribution in [0.4, 0.5) is 5.69 Å². The molecule has 0 radical (unpaired) electrons. The van der Waals surface area contributed by atoms with E-state index in [4.69, 9.17) is 14.3 Å². The van der Waals surface area contributed by atoms with E-state index in [0.717, 1.165) is 16.7 Å². The van der Waals surface area contributed by atoms with Crippen LogP contribution in [-0.4, -0.2) is 37.3 Å². The predicted molar refractivity (Wildman–Crippen MR) is 108 cm³/mol.